The van der Waals surface area contributed by atoms with Gasteiger partial charge in [0.1, 0.15) is 5.82 Å². The maximum absolute atomic E-state index is 13.6. The van der Waals surface area contributed by atoms with Crippen LogP contribution in [-0.4, -0.2) is 23.3 Å². The molecule has 0 saturated carbocycles. The average Bonchev–Trinajstić information content (AvgIpc) is 2.72. The van der Waals surface area contributed by atoms with Crippen LogP contribution in [0.5, 0.6) is 0 Å². The number of hydrogen-bond acceptors (Lipinski definition) is 2. The molecule has 0 amide bonds. The number of Topliss-reactive ketones (excluding diaryl/α,β-unsaturated/α-hetero) is 1. The van der Waals surface area contributed by atoms with Gasteiger partial charge >= 0.3 is 0 Å². The Morgan fingerprint density at radius 2 is 2.19 bits per heavy atom. The Balaban J connectivity index is 2.57. The molecule has 1 unspecified atom stereocenters. The number of hydrogen-bond donors (Lipinski definition) is 1. The number of carbonyl (C=O) groups excluding carboxylic acids is 1. The molecule has 1 atom stereocenters. The standard InChI is InChI=1S/C12H13FN2O/c1-8(14-2)12(16)9-5-7-15-6-3-4-10(13)11(9)15/h3-8,14H,1-2H3. The number of fused-ring (bicyclic) bond motifs is 1. The van der Waals surface area contributed by atoms with E-state index in [4.69, 9.17) is 0 Å². The molecule has 1 N–H and O–H groups in total. The van der Waals surface area contributed by atoms with Crippen molar-refractivity contribution < 1.29 is 9.18 Å². The van der Waals surface area contributed by atoms with Gasteiger partial charge in [-0.2, -0.15) is 0 Å². The van der Waals surface area contributed by atoms with Crippen molar-refractivity contribution in [2.24, 2.45) is 0 Å². The summed E-state index contributed by atoms with van der Waals surface area (Å²) in [5.74, 6) is -0.478. The van der Waals surface area contributed by atoms with Gasteiger partial charge in [-0.3, -0.25) is 4.79 Å². The molecule has 2 aromatic rings. The fourth-order valence-corrected chi connectivity index (χ4v) is 1.69. The number of nitrogens with zero attached hydrogens (tertiary/aromatic N) is 1. The summed E-state index contributed by atoms with van der Waals surface area (Å²) in [7, 11) is 1.71. The highest BCUT2D eigenvalue weighted by molar-refractivity contribution is 6.05. The summed E-state index contributed by atoms with van der Waals surface area (Å²) in [5, 5.41) is 2.86. The number of likely N-dealkylation sites (N-methyl/N-ethyl adjacent to an activating group) is 1. The highest BCUT2D eigenvalue weighted by atomic mass is 19.1. The Hall–Kier alpha value is -1.68. The van der Waals surface area contributed by atoms with E-state index in [1.165, 1.54) is 6.07 Å². The molecule has 0 radical (unpaired) electrons. The molecule has 84 valence electrons. The van der Waals surface area contributed by atoms with Crippen molar-refractivity contribution in [3.63, 3.8) is 0 Å². The fourth-order valence-electron chi connectivity index (χ4n) is 1.69. The summed E-state index contributed by atoms with van der Waals surface area (Å²) < 4.78 is 15.2. The second-order valence-corrected chi connectivity index (χ2v) is 3.72. The quantitative estimate of drug-likeness (QED) is 0.801. The van der Waals surface area contributed by atoms with Crippen LogP contribution >= 0.6 is 0 Å². The minimum absolute atomic E-state index is 0.102. The van der Waals surface area contributed by atoms with E-state index in [1.807, 2.05) is 0 Å². The van der Waals surface area contributed by atoms with E-state index < -0.39 is 0 Å². The normalized spacial score (nSPS) is 12.9. The lowest BCUT2D eigenvalue weighted by molar-refractivity contribution is 0.0956. The monoisotopic (exact) mass is 220 g/mol. The molecule has 2 aromatic heterocycles. The Morgan fingerprint density at radius 1 is 1.44 bits per heavy atom. The molecular weight excluding hydrogens is 207 g/mol. The molecule has 0 aliphatic carbocycles. The van der Waals surface area contributed by atoms with Gasteiger partial charge in [0.15, 0.2) is 5.78 Å². The summed E-state index contributed by atoms with van der Waals surface area (Å²) in [6, 6.07) is 4.30. The molecule has 0 saturated heterocycles. The molecule has 2 rings (SSSR count). The van der Waals surface area contributed by atoms with Crippen LogP contribution in [0, 0.1) is 5.82 Å². The van der Waals surface area contributed by atoms with Gasteiger partial charge in [-0.1, -0.05) is 0 Å². The summed E-state index contributed by atoms with van der Waals surface area (Å²) in [6.45, 7) is 1.76. The zero-order valence-corrected chi connectivity index (χ0v) is 9.20. The lowest BCUT2D eigenvalue weighted by atomic mass is 10.1. The van der Waals surface area contributed by atoms with Crippen LogP contribution in [0.15, 0.2) is 30.6 Å². The van der Waals surface area contributed by atoms with Crippen molar-refractivity contribution in [3.8, 4) is 0 Å². The van der Waals surface area contributed by atoms with Crippen molar-refractivity contribution in [2.75, 3.05) is 7.05 Å². The second-order valence-electron chi connectivity index (χ2n) is 3.72. The van der Waals surface area contributed by atoms with Gasteiger partial charge in [-0.15, -0.1) is 0 Å². The van der Waals surface area contributed by atoms with Crippen LogP contribution in [-0.2, 0) is 0 Å². The van der Waals surface area contributed by atoms with E-state index in [1.54, 1.807) is 42.9 Å². The number of rotatable bonds is 3. The van der Waals surface area contributed by atoms with Crippen LogP contribution < -0.4 is 5.32 Å². The zero-order chi connectivity index (χ0) is 11.7. The smallest absolute Gasteiger partial charge is 0.181 e. The Kier molecular flexibility index (Phi) is 2.75. The molecule has 0 aromatic carbocycles. The van der Waals surface area contributed by atoms with Gasteiger partial charge in [0.25, 0.3) is 0 Å². The third kappa shape index (κ3) is 1.61. The van der Waals surface area contributed by atoms with Crippen LogP contribution in [0.4, 0.5) is 4.39 Å². The molecule has 4 heteroatoms. The second kappa shape index (κ2) is 4.06. The van der Waals surface area contributed by atoms with Crippen molar-refractivity contribution in [1.82, 2.24) is 9.72 Å². The first kappa shape index (κ1) is 10.8. The molecule has 2 heterocycles. The molecule has 0 bridgehead atoms. The van der Waals surface area contributed by atoms with Gasteiger partial charge in [-0.25, -0.2) is 4.39 Å². The number of pyridine rings is 1. The Morgan fingerprint density at radius 3 is 2.88 bits per heavy atom. The topological polar surface area (TPSA) is 33.5 Å². The van der Waals surface area contributed by atoms with Gasteiger partial charge in [0.05, 0.1) is 11.6 Å². The van der Waals surface area contributed by atoms with Crippen LogP contribution in [0.25, 0.3) is 5.52 Å². The van der Waals surface area contributed by atoms with E-state index in [-0.39, 0.29) is 17.6 Å². The molecule has 0 aliphatic heterocycles. The molecule has 16 heavy (non-hydrogen) atoms. The van der Waals surface area contributed by atoms with Crippen molar-refractivity contribution in [2.45, 2.75) is 13.0 Å². The predicted molar refractivity (Wildman–Crippen MR) is 60.2 cm³/mol. The first-order valence-corrected chi connectivity index (χ1v) is 5.12. The first-order valence-electron chi connectivity index (χ1n) is 5.12. The molecule has 0 spiro atoms. The van der Waals surface area contributed by atoms with Gasteiger partial charge < -0.3 is 9.72 Å². The number of halogens is 1. The largest absolute Gasteiger partial charge is 0.321 e. The Bertz CT molecular complexity index is 533. The lowest BCUT2D eigenvalue weighted by Gasteiger charge is -2.08. The van der Waals surface area contributed by atoms with Crippen LogP contribution in [0.3, 0.4) is 0 Å². The van der Waals surface area contributed by atoms with Gasteiger partial charge in [0.2, 0.25) is 0 Å². The predicted octanol–water partition coefficient (Wildman–Crippen LogP) is 1.87. The van der Waals surface area contributed by atoms with E-state index in [0.29, 0.717) is 11.1 Å². The maximum Gasteiger partial charge on any atom is 0.181 e. The number of carbonyl (C=O) groups is 1. The molecule has 3 nitrogen and oxygen atoms in total. The molecule has 0 fully saturated rings. The summed E-state index contributed by atoms with van der Waals surface area (Å²) in [5.41, 5.74) is 0.759. The lowest BCUT2D eigenvalue weighted by Crippen LogP contribution is -2.30. The third-order valence-electron chi connectivity index (χ3n) is 2.72. The summed E-state index contributed by atoms with van der Waals surface area (Å²) >= 11 is 0. The number of aromatic nitrogens is 1. The molecular formula is C12H13FN2O. The van der Waals surface area contributed by atoms with E-state index in [0.717, 1.165) is 0 Å². The summed E-state index contributed by atoms with van der Waals surface area (Å²) in [6.07, 6.45) is 3.41. The summed E-state index contributed by atoms with van der Waals surface area (Å²) in [4.78, 5) is 12.0. The third-order valence-corrected chi connectivity index (χ3v) is 2.72. The van der Waals surface area contributed by atoms with Crippen LogP contribution in [0.2, 0.25) is 0 Å². The maximum atomic E-state index is 13.6. The average molecular weight is 220 g/mol. The van der Waals surface area contributed by atoms with Crippen molar-refractivity contribution in [1.29, 1.82) is 0 Å². The number of ketones is 1. The molecule has 0 aliphatic rings. The zero-order valence-electron chi connectivity index (χ0n) is 9.20. The van der Waals surface area contributed by atoms with E-state index in [2.05, 4.69) is 5.32 Å². The highest BCUT2D eigenvalue weighted by Crippen LogP contribution is 2.17. The van der Waals surface area contributed by atoms with Crippen molar-refractivity contribution >= 4 is 11.3 Å². The van der Waals surface area contributed by atoms with Crippen LogP contribution in [0.1, 0.15) is 17.3 Å². The fraction of sp³-hybridized carbons (Fsp3) is 0.250. The number of nitrogens with one attached hydrogen (secondary N) is 1. The van der Waals surface area contributed by atoms with Gasteiger partial charge in [0, 0.05) is 18.0 Å². The SMILES string of the molecule is CNC(C)C(=O)c1ccn2cccc(F)c12. The minimum atomic E-state index is -0.376. The van der Waals surface area contributed by atoms with Gasteiger partial charge in [-0.05, 0) is 32.2 Å². The Labute approximate surface area is 92.9 Å². The van der Waals surface area contributed by atoms with E-state index in [9.17, 15) is 9.18 Å². The minimum Gasteiger partial charge on any atom is -0.321 e. The highest BCUT2D eigenvalue weighted by Gasteiger charge is 2.18. The first-order chi connectivity index (χ1) is 7.65. The van der Waals surface area contributed by atoms with E-state index >= 15 is 0 Å². The van der Waals surface area contributed by atoms with Crippen molar-refractivity contribution in [3.05, 3.63) is 42.0 Å².